The van der Waals surface area contributed by atoms with Gasteiger partial charge in [0.1, 0.15) is 23.6 Å². The van der Waals surface area contributed by atoms with E-state index in [0.29, 0.717) is 19.0 Å². The zero-order valence-electron chi connectivity index (χ0n) is 20.7. The molecule has 1 amide bonds. The van der Waals surface area contributed by atoms with Crippen molar-refractivity contribution in [2.45, 2.75) is 64.9 Å². The second kappa shape index (κ2) is 11.6. The van der Waals surface area contributed by atoms with Gasteiger partial charge in [-0.2, -0.15) is 10.5 Å². The van der Waals surface area contributed by atoms with Crippen LogP contribution in [0.25, 0.3) is 0 Å². The molecule has 0 aromatic heterocycles. The van der Waals surface area contributed by atoms with Crippen molar-refractivity contribution in [3.8, 4) is 12.1 Å². The lowest BCUT2D eigenvalue weighted by molar-refractivity contribution is 0.0174. The molecule has 0 aromatic carbocycles. The second-order valence-electron chi connectivity index (χ2n) is 10.5. The molecule has 0 atom stereocenters. The van der Waals surface area contributed by atoms with Crippen molar-refractivity contribution < 1.29 is 9.53 Å². The highest BCUT2D eigenvalue weighted by Crippen LogP contribution is 2.27. The van der Waals surface area contributed by atoms with Crippen molar-refractivity contribution in [1.29, 1.82) is 10.5 Å². The van der Waals surface area contributed by atoms with Gasteiger partial charge in [0.25, 0.3) is 0 Å². The summed E-state index contributed by atoms with van der Waals surface area (Å²) in [6.07, 6.45) is 6.56. The van der Waals surface area contributed by atoms with Crippen molar-refractivity contribution in [1.82, 2.24) is 19.6 Å². The van der Waals surface area contributed by atoms with Crippen LogP contribution in [0, 0.1) is 28.6 Å². The molecule has 8 nitrogen and oxygen atoms in total. The number of likely N-dealkylation sites (tertiary alicyclic amines) is 2. The normalized spacial score (nSPS) is 20.5. The molecular formula is C25H40N6O2. The number of ether oxygens (including phenoxy) is 1. The first-order valence-electron chi connectivity index (χ1n) is 12.6. The fourth-order valence-corrected chi connectivity index (χ4v) is 5.09. The van der Waals surface area contributed by atoms with E-state index in [9.17, 15) is 15.3 Å². The number of amides is 1. The van der Waals surface area contributed by atoms with Crippen LogP contribution in [-0.4, -0.2) is 90.2 Å². The quantitative estimate of drug-likeness (QED) is 0.566. The van der Waals surface area contributed by atoms with Crippen LogP contribution in [0.5, 0.6) is 0 Å². The number of carbonyl (C=O) groups is 1. The lowest BCUT2D eigenvalue weighted by atomic mass is 9.96. The predicted octanol–water partition coefficient (Wildman–Crippen LogP) is 3.39. The average molecular weight is 457 g/mol. The van der Waals surface area contributed by atoms with Gasteiger partial charge in [0.2, 0.25) is 0 Å². The number of allylic oxidation sites excluding steroid dienone is 1. The Kier molecular flexibility index (Phi) is 8.86. The second-order valence-corrected chi connectivity index (χ2v) is 10.5. The summed E-state index contributed by atoms with van der Waals surface area (Å²) in [6, 6.07) is 4.26. The van der Waals surface area contributed by atoms with Crippen molar-refractivity contribution >= 4 is 6.09 Å². The SMILES string of the molecule is CC(C)(C)OC(=O)N1CCC(CN2CCN(CCCN3CCCCC3)C2=C(C#N)C#N)CC1. The van der Waals surface area contributed by atoms with Gasteiger partial charge in [0.05, 0.1) is 0 Å². The topological polar surface area (TPSA) is 86.8 Å². The smallest absolute Gasteiger partial charge is 0.410 e. The molecule has 3 fully saturated rings. The summed E-state index contributed by atoms with van der Waals surface area (Å²) in [7, 11) is 0. The summed E-state index contributed by atoms with van der Waals surface area (Å²) in [5.41, 5.74) is -0.261. The fourth-order valence-electron chi connectivity index (χ4n) is 5.09. The monoisotopic (exact) mass is 456 g/mol. The van der Waals surface area contributed by atoms with Gasteiger partial charge in [0.15, 0.2) is 5.57 Å². The molecule has 0 N–H and O–H groups in total. The number of hydrogen-bond acceptors (Lipinski definition) is 7. The lowest BCUT2D eigenvalue weighted by Crippen LogP contribution is -2.43. The van der Waals surface area contributed by atoms with Gasteiger partial charge in [-0.3, -0.25) is 0 Å². The average Bonchev–Trinajstić information content (AvgIpc) is 3.17. The highest BCUT2D eigenvalue weighted by molar-refractivity contribution is 5.68. The molecule has 0 aliphatic carbocycles. The fraction of sp³-hybridized carbons (Fsp3) is 0.800. The Morgan fingerprint density at radius 3 is 2.18 bits per heavy atom. The minimum atomic E-state index is -0.481. The standard InChI is InChI=1S/C25H40N6O2/c1-25(2,3)33-24(32)30-14-8-21(9-15-30)20-31-17-16-29(23(31)22(18-26)19-27)13-7-12-28-10-5-4-6-11-28/h21H,4-17,20H2,1-3H3. The summed E-state index contributed by atoms with van der Waals surface area (Å²) < 4.78 is 5.51. The van der Waals surface area contributed by atoms with Crippen LogP contribution < -0.4 is 0 Å². The van der Waals surface area contributed by atoms with Gasteiger partial charge in [0, 0.05) is 39.3 Å². The van der Waals surface area contributed by atoms with Gasteiger partial charge in [-0.25, -0.2) is 4.79 Å². The molecule has 3 rings (SSSR count). The summed E-state index contributed by atoms with van der Waals surface area (Å²) in [4.78, 5) is 21.1. The summed E-state index contributed by atoms with van der Waals surface area (Å²) in [5.74, 6) is 1.25. The molecule has 0 bridgehead atoms. The molecule has 3 aliphatic rings. The highest BCUT2D eigenvalue weighted by Gasteiger charge is 2.32. The lowest BCUT2D eigenvalue weighted by Gasteiger charge is -2.35. The van der Waals surface area contributed by atoms with Gasteiger partial charge in [-0.05, 0) is 78.4 Å². The van der Waals surface area contributed by atoms with Gasteiger partial charge >= 0.3 is 6.09 Å². The number of hydrogen-bond donors (Lipinski definition) is 0. The van der Waals surface area contributed by atoms with E-state index in [1.54, 1.807) is 4.90 Å². The maximum Gasteiger partial charge on any atom is 0.410 e. The highest BCUT2D eigenvalue weighted by atomic mass is 16.6. The van der Waals surface area contributed by atoms with Crippen LogP contribution in [0.2, 0.25) is 0 Å². The van der Waals surface area contributed by atoms with E-state index in [4.69, 9.17) is 4.74 Å². The minimum absolute atomic E-state index is 0.219. The number of nitriles is 2. The van der Waals surface area contributed by atoms with E-state index in [2.05, 4.69) is 26.8 Å². The first kappa shape index (κ1) is 25.2. The summed E-state index contributed by atoms with van der Waals surface area (Å²) in [5, 5.41) is 19.2. The van der Waals surface area contributed by atoms with Crippen LogP contribution in [0.15, 0.2) is 11.4 Å². The largest absolute Gasteiger partial charge is 0.444 e. The molecule has 0 saturated carbocycles. The van der Waals surface area contributed by atoms with Gasteiger partial charge in [-0.15, -0.1) is 0 Å². The Balaban J connectivity index is 1.53. The van der Waals surface area contributed by atoms with Crippen molar-refractivity contribution in [2.24, 2.45) is 5.92 Å². The van der Waals surface area contributed by atoms with Crippen molar-refractivity contribution in [3.05, 3.63) is 11.4 Å². The third kappa shape index (κ3) is 7.27. The van der Waals surface area contributed by atoms with Gasteiger partial charge in [-0.1, -0.05) is 6.42 Å². The van der Waals surface area contributed by atoms with Crippen LogP contribution in [0.1, 0.15) is 59.3 Å². The van der Waals surface area contributed by atoms with E-state index in [0.717, 1.165) is 57.8 Å². The number of piperidine rings is 2. The van der Waals surface area contributed by atoms with Crippen LogP contribution >= 0.6 is 0 Å². The maximum atomic E-state index is 12.3. The molecule has 3 heterocycles. The third-order valence-corrected chi connectivity index (χ3v) is 6.78. The molecular weight excluding hydrogens is 416 g/mol. The van der Waals surface area contributed by atoms with Crippen LogP contribution in [-0.2, 0) is 4.74 Å². The Bertz CT molecular complexity index is 760. The van der Waals surface area contributed by atoms with Crippen molar-refractivity contribution in [3.63, 3.8) is 0 Å². The van der Waals surface area contributed by atoms with Crippen molar-refractivity contribution in [2.75, 3.05) is 58.9 Å². The first-order chi connectivity index (χ1) is 15.8. The first-order valence-corrected chi connectivity index (χ1v) is 12.6. The number of carbonyl (C=O) groups excluding carboxylic acids is 1. The van der Waals surface area contributed by atoms with E-state index < -0.39 is 5.60 Å². The van der Waals surface area contributed by atoms with Crippen LogP contribution in [0.4, 0.5) is 4.79 Å². The Hall–Kier alpha value is -2.45. The summed E-state index contributed by atoms with van der Waals surface area (Å²) >= 11 is 0. The molecule has 0 radical (unpaired) electrons. The molecule has 0 spiro atoms. The Morgan fingerprint density at radius 1 is 0.939 bits per heavy atom. The Morgan fingerprint density at radius 2 is 1.58 bits per heavy atom. The molecule has 3 saturated heterocycles. The van der Waals surface area contributed by atoms with E-state index in [1.165, 1.54) is 32.4 Å². The molecule has 3 aliphatic heterocycles. The molecule has 8 heteroatoms. The molecule has 0 unspecified atom stereocenters. The van der Waals surface area contributed by atoms with Gasteiger partial charge < -0.3 is 24.3 Å². The maximum absolute atomic E-state index is 12.3. The third-order valence-electron chi connectivity index (χ3n) is 6.78. The molecule has 0 aromatic rings. The Labute approximate surface area is 199 Å². The van der Waals surface area contributed by atoms with Crippen LogP contribution in [0.3, 0.4) is 0 Å². The number of nitrogens with zero attached hydrogens (tertiary/aromatic N) is 6. The van der Waals surface area contributed by atoms with E-state index >= 15 is 0 Å². The molecule has 33 heavy (non-hydrogen) atoms. The minimum Gasteiger partial charge on any atom is -0.444 e. The van der Waals surface area contributed by atoms with E-state index in [-0.39, 0.29) is 11.7 Å². The molecule has 182 valence electrons. The summed E-state index contributed by atoms with van der Waals surface area (Å²) in [6.45, 7) is 13.9. The van der Waals surface area contributed by atoms with E-state index in [1.807, 2.05) is 20.8 Å². The number of rotatable bonds is 6. The zero-order chi connectivity index (χ0) is 23.8. The predicted molar refractivity (Wildman–Crippen MR) is 127 cm³/mol. The zero-order valence-corrected chi connectivity index (χ0v) is 20.7.